The number of carbonyl (C=O) groups is 3. The van der Waals surface area contributed by atoms with Crippen LogP contribution in [0.25, 0.3) is 11.0 Å². The predicted octanol–water partition coefficient (Wildman–Crippen LogP) is 3.20. The van der Waals surface area contributed by atoms with E-state index < -0.39 is 29.7 Å². The van der Waals surface area contributed by atoms with Crippen molar-refractivity contribution in [2.45, 2.75) is 59.2 Å². The van der Waals surface area contributed by atoms with Crippen molar-refractivity contribution >= 4 is 29.1 Å². The molecule has 0 saturated heterocycles. The number of carboxylic acid groups (broad SMARTS) is 1. The van der Waals surface area contributed by atoms with Crippen molar-refractivity contribution in [3.8, 4) is 0 Å². The van der Waals surface area contributed by atoms with Gasteiger partial charge in [0.25, 0.3) is 0 Å². The smallest absolute Gasteiger partial charge is 0.420 e. The predicted molar refractivity (Wildman–Crippen MR) is 110 cm³/mol. The molecule has 9 heteroatoms. The molecule has 0 amide bonds. The molecule has 0 aliphatic heterocycles. The number of hydrogen-bond donors (Lipinski definition) is 2. The second kappa shape index (κ2) is 9.25. The van der Waals surface area contributed by atoms with Gasteiger partial charge in [-0.25, -0.2) is 19.1 Å². The number of fused-ring (bicyclic) bond motifs is 1. The van der Waals surface area contributed by atoms with E-state index in [-0.39, 0.29) is 23.7 Å². The second-order valence-electron chi connectivity index (χ2n) is 8.14. The number of rotatable bonds is 7. The number of ether oxygens (including phenoxy) is 2. The Morgan fingerprint density at radius 2 is 1.97 bits per heavy atom. The van der Waals surface area contributed by atoms with Crippen LogP contribution >= 0.6 is 0 Å². The van der Waals surface area contributed by atoms with E-state index >= 15 is 0 Å². The van der Waals surface area contributed by atoms with Crippen molar-refractivity contribution in [3.63, 3.8) is 0 Å². The first-order valence-electron chi connectivity index (χ1n) is 9.76. The summed E-state index contributed by atoms with van der Waals surface area (Å²) in [6, 6.07) is 0.921. The fourth-order valence-electron chi connectivity index (χ4n) is 3.07. The molecule has 164 valence electrons. The molecule has 2 N–H and O–H groups in total. The molecule has 0 saturated carbocycles. The molecule has 0 fully saturated rings. The van der Waals surface area contributed by atoms with E-state index in [2.05, 4.69) is 10.3 Å². The molecule has 30 heavy (non-hydrogen) atoms. The molecule has 9 nitrogen and oxygen atoms in total. The first-order valence-corrected chi connectivity index (χ1v) is 9.76. The number of aromatic nitrogens is 2. The molecule has 2 aromatic rings. The van der Waals surface area contributed by atoms with Crippen LogP contribution in [0.15, 0.2) is 18.5 Å². The van der Waals surface area contributed by atoms with Crippen LogP contribution in [0.4, 0.5) is 4.79 Å². The molecular weight excluding hydrogens is 390 g/mol. The van der Waals surface area contributed by atoms with Crippen molar-refractivity contribution in [2.75, 3.05) is 7.11 Å². The Balaban J connectivity index is 2.52. The summed E-state index contributed by atoms with van der Waals surface area (Å²) in [5.41, 5.74) is 0.277. The van der Waals surface area contributed by atoms with Crippen molar-refractivity contribution in [2.24, 2.45) is 5.92 Å². The van der Waals surface area contributed by atoms with Gasteiger partial charge in [0, 0.05) is 24.3 Å². The lowest BCUT2D eigenvalue weighted by Crippen LogP contribution is -2.41. The van der Waals surface area contributed by atoms with Gasteiger partial charge in [0.2, 0.25) is 0 Å². The summed E-state index contributed by atoms with van der Waals surface area (Å²) in [6.07, 6.45) is 2.85. The van der Waals surface area contributed by atoms with Gasteiger partial charge >= 0.3 is 18.0 Å². The number of nitrogens with zero attached hydrogens (tertiary/aromatic N) is 2. The molecule has 0 aliphatic rings. The van der Waals surface area contributed by atoms with Gasteiger partial charge in [0.05, 0.1) is 12.7 Å². The molecule has 2 atom stereocenters. The minimum Gasteiger partial charge on any atom is -0.480 e. The standard InChI is InChI=1S/C21H29N3O6/c1-7-12(2)16(18(25)26)23-10-13-8-9-22-17-15(13)14(19(27)29-6)11-24(17)20(28)30-21(3,4)5/h8-9,11-12,16,23H,7,10H2,1-6H3,(H,25,26). The van der Waals surface area contributed by atoms with E-state index in [0.29, 0.717) is 17.4 Å². The lowest BCUT2D eigenvalue weighted by molar-refractivity contribution is -0.140. The molecule has 2 aromatic heterocycles. The summed E-state index contributed by atoms with van der Waals surface area (Å²) >= 11 is 0. The highest BCUT2D eigenvalue weighted by Gasteiger charge is 2.27. The highest BCUT2D eigenvalue weighted by Crippen LogP contribution is 2.26. The van der Waals surface area contributed by atoms with E-state index in [9.17, 15) is 19.5 Å². The number of nitrogens with one attached hydrogen (secondary N) is 1. The van der Waals surface area contributed by atoms with Crippen LogP contribution in [0.1, 0.15) is 57.0 Å². The fourth-order valence-corrected chi connectivity index (χ4v) is 3.07. The molecule has 2 heterocycles. The topological polar surface area (TPSA) is 120 Å². The summed E-state index contributed by atoms with van der Waals surface area (Å²) in [5, 5.41) is 13.0. The van der Waals surface area contributed by atoms with Gasteiger partial charge in [-0.15, -0.1) is 0 Å². The quantitative estimate of drug-likeness (QED) is 0.657. The van der Waals surface area contributed by atoms with Crippen LogP contribution < -0.4 is 5.32 Å². The van der Waals surface area contributed by atoms with Crippen molar-refractivity contribution in [1.82, 2.24) is 14.9 Å². The maximum absolute atomic E-state index is 12.6. The third kappa shape index (κ3) is 5.15. The third-order valence-electron chi connectivity index (χ3n) is 4.76. The van der Waals surface area contributed by atoms with Gasteiger partial charge in [0.1, 0.15) is 11.6 Å². The highest BCUT2D eigenvalue weighted by atomic mass is 16.6. The van der Waals surface area contributed by atoms with Gasteiger partial charge in [0.15, 0.2) is 5.65 Å². The van der Waals surface area contributed by atoms with Gasteiger partial charge < -0.3 is 19.9 Å². The number of carboxylic acids is 1. The number of esters is 1. The number of carbonyl (C=O) groups excluding carboxylic acids is 2. The lowest BCUT2D eigenvalue weighted by atomic mass is 9.99. The Labute approximate surface area is 175 Å². The monoisotopic (exact) mass is 419 g/mol. The van der Waals surface area contributed by atoms with Crippen LogP contribution in [0.2, 0.25) is 0 Å². The zero-order valence-corrected chi connectivity index (χ0v) is 18.2. The van der Waals surface area contributed by atoms with E-state index in [1.807, 2.05) is 13.8 Å². The molecule has 0 radical (unpaired) electrons. The van der Waals surface area contributed by atoms with Crippen LogP contribution in [0, 0.1) is 5.92 Å². The van der Waals surface area contributed by atoms with Gasteiger partial charge in [-0.2, -0.15) is 0 Å². The molecule has 2 unspecified atom stereocenters. The van der Waals surface area contributed by atoms with Crippen LogP contribution in [0.5, 0.6) is 0 Å². The fraction of sp³-hybridized carbons (Fsp3) is 0.524. The van der Waals surface area contributed by atoms with Crippen molar-refractivity contribution in [3.05, 3.63) is 29.6 Å². The Hall–Kier alpha value is -2.94. The average Bonchev–Trinajstić information content (AvgIpc) is 3.06. The minimum absolute atomic E-state index is 0.0914. The number of pyridine rings is 1. The third-order valence-corrected chi connectivity index (χ3v) is 4.76. The van der Waals surface area contributed by atoms with Crippen molar-refractivity contribution in [1.29, 1.82) is 0 Å². The number of methoxy groups -OCH3 is 1. The molecule has 2 rings (SSSR count). The zero-order chi connectivity index (χ0) is 22.6. The van der Waals surface area contributed by atoms with Gasteiger partial charge in [-0.1, -0.05) is 20.3 Å². The largest absolute Gasteiger partial charge is 0.480 e. The molecule has 0 bridgehead atoms. The second-order valence-corrected chi connectivity index (χ2v) is 8.14. The molecule has 0 aromatic carbocycles. The summed E-state index contributed by atoms with van der Waals surface area (Å²) in [6.45, 7) is 9.16. The minimum atomic E-state index is -0.950. The Morgan fingerprint density at radius 1 is 1.30 bits per heavy atom. The van der Waals surface area contributed by atoms with E-state index in [0.717, 1.165) is 0 Å². The first-order chi connectivity index (χ1) is 14.0. The van der Waals surface area contributed by atoms with Crippen LogP contribution in [-0.4, -0.2) is 51.4 Å². The van der Waals surface area contributed by atoms with Gasteiger partial charge in [-0.3, -0.25) is 4.79 Å². The highest BCUT2D eigenvalue weighted by molar-refractivity contribution is 6.06. The number of hydrogen-bond acceptors (Lipinski definition) is 7. The average molecular weight is 419 g/mol. The Kier molecular flexibility index (Phi) is 7.20. The summed E-state index contributed by atoms with van der Waals surface area (Å²) < 4.78 is 11.4. The molecule has 0 spiro atoms. The van der Waals surface area contributed by atoms with E-state index in [1.54, 1.807) is 26.8 Å². The molecular formula is C21H29N3O6. The normalized spacial score (nSPS) is 13.7. The maximum Gasteiger partial charge on any atom is 0.420 e. The summed E-state index contributed by atoms with van der Waals surface area (Å²) in [7, 11) is 1.25. The van der Waals surface area contributed by atoms with E-state index in [4.69, 9.17) is 9.47 Å². The summed E-state index contributed by atoms with van der Waals surface area (Å²) in [5.74, 6) is -1.67. The Morgan fingerprint density at radius 3 is 2.50 bits per heavy atom. The Bertz CT molecular complexity index is 944. The van der Waals surface area contributed by atoms with Crippen LogP contribution in [-0.2, 0) is 20.8 Å². The zero-order valence-electron chi connectivity index (χ0n) is 18.2. The van der Waals surface area contributed by atoms with Gasteiger partial charge in [-0.05, 0) is 38.3 Å². The van der Waals surface area contributed by atoms with Crippen molar-refractivity contribution < 1.29 is 29.0 Å². The van der Waals surface area contributed by atoms with Crippen LogP contribution in [0.3, 0.4) is 0 Å². The summed E-state index contributed by atoms with van der Waals surface area (Å²) in [4.78, 5) is 40.9. The lowest BCUT2D eigenvalue weighted by Gasteiger charge is -2.20. The number of aliphatic carboxylic acids is 1. The first kappa shape index (κ1) is 23.3. The SMILES string of the molecule is CCC(C)C(NCc1ccnc2c1c(C(=O)OC)cn2C(=O)OC(C)(C)C)C(=O)O. The molecule has 0 aliphatic carbocycles. The van der Waals surface area contributed by atoms with E-state index in [1.165, 1.54) is 24.1 Å². The maximum atomic E-state index is 12.6.